The van der Waals surface area contributed by atoms with Gasteiger partial charge in [0.15, 0.2) is 19.6 Å². The van der Waals surface area contributed by atoms with Crippen LogP contribution in [0.4, 0.5) is 18.0 Å². The summed E-state index contributed by atoms with van der Waals surface area (Å²) >= 11 is 0. The van der Waals surface area contributed by atoms with Crippen molar-refractivity contribution in [2.45, 2.75) is 17.7 Å². The highest BCUT2D eigenvalue weighted by atomic mass is 19.2. The van der Waals surface area contributed by atoms with Crippen LogP contribution in [0.5, 0.6) is 0 Å². The van der Waals surface area contributed by atoms with E-state index in [0.29, 0.717) is 0 Å². The van der Waals surface area contributed by atoms with Crippen LogP contribution in [0, 0.1) is 31.2 Å². The van der Waals surface area contributed by atoms with Crippen molar-refractivity contribution in [2.75, 3.05) is 19.6 Å². The van der Waals surface area contributed by atoms with E-state index in [4.69, 9.17) is 31.2 Å². The van der Waals surface area contributed by atoms with Crippen LogP contribution in [0.3, 0.4) is 0 Å². The number of nitrogens with zero attached hydrogens (tertiary/aromatic N) is 1. The molecular formula is C7H19F3N8O13. The van der Waals surface area contributed by atoms with E-state index in [2.05, 4.69) is 0 Å². The predicted molar refractivity (Wildman–Crippen MR) is 73.2 cm³/mol. The van der Waals surface area contributed by atoms with Crippen LogP contribution in [0.25, 0.3) is 0 Å². The molecule has 0 aliphatic rings. The molecule has 0 aliphatic carbocycles. The smallest absolute Gasteiger partial charge is 0.451 e. The third-order valence-electron chi connectivity index (χ3n) is 3.62. The fraction of sp³-hybridized carbons (Fsp3) is 0.857. The number of rotatable bonds is 12. The molecule has 0 aromatic carbocycles. The summed E-state index contributed by atoms with van der Waals surface area (Å²) in [6.45, 7) is -6.49. The van der Waals surface area contributed by atoms with Gasteiger partial charge in [-0.05, 0) is 0 Å². The Morgan fingerprint density at radius 2 is 0.935 bits per heavy atom. The Labute approximate surface area is 166 Å². The fourth-order valence-corrected chi connectivity index (χ4v) is 1.73. The largest absolute Gasteiger partial charge is 0.593 e. The molecule has 0 heterocycles. The van der Waals surface area contributed by atoms with Crippen molar-refractivity contribution >= 4 is 6.03 Å². The lowest BCUT2D eigenvalue weighted by atomic mass is 10.3. The van der Waals surface area contributed by atoms with Gasteiger partial charge in [0.1, 0.15) is 0 Å². The maximum atomic E-state index is 14.3. The number of amides is 2. The van der Waals surface area contributed by atoms with Crippen LogP contribution in [0.2, 0.25) is 0 Å². The minimum Gasteiger partial charge on any atom is -0.593 e. The van der Waals surface area contributed by atoms with Gasteiger partial charge in [-0.1, -0.05) is 0 Å². The molecule has 31 heavy (non-hydrogen) atoms. The Morgan fingerprint density at radius 3 is 1.16 bits per heavy atom. The zero-order chi connectivity index (χ0) is 24.9. The summed E-state index contributed by atoms with van der Waals surface area (Å²) in [5.74, 6) is -13.2. The highest BCUT2D eigenvalue weighted by Gasteiger charge is 2.55. The second-order valence-corrected chi connectivity index (χ2v) is 5.75. The van der Waals surface area contributed by atoms with Crippen molar-refractivity contribution in [1.29, 1.82) is 0 Å². The monoisotopic (exact) mass is 480 g/mol. The Bertz CT molecular complexity index is 533. The Kier molecular flexibility index (Phi) is 10.2. The van der Waals surface area contributed by atoms with Crippen LogP contribution in [0.1, 0.15) is 0 Å². The predicted octanol–water partition coefficient (Wildman–Crippen LogP) is -10.5. The summed E-state index contributed by atoms with van der Waals surface area (Å²) in [5, 5.41) is 102. The number of hydroxylamine groups is 12. The van der Waals surface area contributed by atoms with Crippen LogP contribution in [-0.4, -0.2) is 79.6 Å². The van der Waals surface area contributed by atoms with Crippen molar-refractivity contribution in [3.8, 4) is 0 Å². The van der Waals surface area contributed by atoms with E-state index in [0.717, 1.165) is 5.32 Å². The van der Waals surface area contributed by atoms with Gasteiger partial charge in [0.25, 0.3) is 0 Å². The number of alkyl halides is 3. The van der Waals surface area contributed by atoms with Crippen molar-refractivity contribution in [1.82, 2.24) is 10.2 Å². The first-order valence-corrected chi connectivity index (χ1v) is 7.36. The van der Waals surface area contributed by atoms with Crippen LogP contribution in [-0.2, 0) is 0 Å². The number of urea groups is 1. The van der Waals surface area contributed by atoms with Crippen molar-refractivity contribution in [2.24, 2.45) is 0 Å². The number of quaternary nitrogens is 6. The van der Waals surface area contributed by atoms with Crippen molar-refractivity contribution < 1.29 is 80.6 Å². The normalized spacial score (nSPS) is 23.8. The van der Waals surface area contributed by atoms with Gasteiger partial charge in [-0.25, -0.2) is 36.0 Å². The lowest BCUT2D eigenvalue weighted by Crippen LogP contribution is -3.37. The maximum absolute atomic E-state index is 14.3. The molecule has 0 radical (unpaired) electrons. The maximum Gasteiger partial charge on any atom is 0.451 e. The van der Waals surface area contributed by atoms with Gasteiger partial charge in [0.2, 0.25) is 0 Å². The topological polar surface area (TPSA) is 319 Å². The van der Waals surface area contributed by atoms with Crippen LogP contribution in [0.15, 0.2) is 0 Å². The van der Waals surface area contributed by atoms with E-state index >= 15 is 0 Å². The van der Waals surface area contributed by atoms with Crippen molar-refractivity contribution in [3.05, 3.63) is 31.2 Å². The molecule has 21 nitrogen and oxygen atoms in total. The molecule has 0 aromatic heterocycles. The van der Waals surface area contributed by atoms with E-state index in [-0.39, 0.29) is 0 Å². The molecule has 0 saturated heterocycles. The number of hydrogen-bond donors (Lipinski definition) is 13. The minimum absolute atomic E-state index is 0.672. The molecule has 6 atom stereocenters. The highest BCUT2D eigenvalue weighted by Crippen LogP contribution is 2.05. The summed E-state index contributed by atoms with van der Waals surface area (Å²) < 4.78 is 42.4. The summed E-state index contributed by atoms with van der Waals surface area (Å²) in [7, 11) is 0. The standard InChI is InChI=1S/C7H19F3N8O13/c8-5(13(20)21,14(22)23)1-11-4(19)12(2-6(9,15(24)25)16(26)27)3-7(10,17(28)29)18(30)31/h13-18,20,22,24,26,28,30H,1-3H2,(H,11,19). The zero-order valence-electron chi connectivity index (χ0n) is 14.7. The molecule has 24 heteroatoms. The molecule has 0 spiro atoms. The van der Waals surface area contributed by atoms with Gasteiger partial charge < -0.3 is 36.6 Å². The second-order valence-electron chi connectivity index (χ2n) is 5.75. The summed E-state index contributed by atoms with van der Waals surface area (Å²) in [6, 6.07) is -2.20. The Hall–Kier alpha value is -1.66. The van der Waals surface area contributed by atoms with Gasteiger partial charge in [-0.2, -0.15) is 0 Å². The molecule has 6 unspecified atom stereocenters. The third kappa shape index (κ3) is 6.66. The number of halogens is 3. The van der Waals surface area contributed by atoms with E-state index in [9.17, 15) is 49.2 Å². The molecule has 2 amide bonds. The van der Waals surface area contributed by atoms with Gasteiger partial charge >= 0.3 is 23.8 Å². The van der Waals surface area contributed by atoms with Gasteiger partial charge in [0, 0.05) is 0 Å². The van der Waals surface area contributed by atoms with Gasteiger partial charge in [-0.3, -0.25) is 4.90 Å². The number of carbonyl (C=O) groups is 1. The van der Waals surface area contributed by atoms with E-state index in [1.54, 1.807) is 0 Å². The summed E-state index contributed by atoms with van der Waals surface area (Å²) in [6.07, 6.45) is 0. The molecule has 13 N–H and O–H groups in total. The SMILES string of the molecule is O=C(NCC(F)([NH+]([O-])O)[NH+]([O-])O)N(CC(F)([NH+]([O-])O)[NH+]([O-])O)CC(F)([NH+]([O-])O)[NH+]([O-])O. The summed E-state index contributed by atoms with van der Waals surface area (Å²) in [4.78, 5) is 11.4. The average molecular weight is 480 g/mol. The van der Waals surface area contributed by atoms with Gasteiger partial charge in [-0.15, -0.1) is 44.5 Å². The second kappa shape index (κ2) is 10.8. The summed E-state index contributed by atoms with van der Waals surface area (Å²) in [5.41, 5.74) is 0. The molecule has 186 valence electrons. The van der Waals surface area contributed by atoms with Crippen LogP contribution >= 0.6 is 0 Å². The third-order valence-corrected chi connectivity index (χ3v) is 3.62. The lowest BCUT2D eigenvalue weighted by Gasteiger charge is -2.39. The quantitative estimate of drug-likeness (QED) is 0.0701. The molecule has 0 bridgehead atoms. The van der Waals surface area contributed by atoms with E-state index in [1.807, 2.05) is 0 Å². The van der Waals surface area contributed by atoms with E-state index in [1.165, 1.54) is 0 Å². The Balaban J connectivity index is 6.00. The number of nitrogens with one attached hydrogen (secondary N) is 7. The Morgan fingerprint density at radius 1 is 0.677 bits per heavy atom. The zero-order valence-corrected chi connectivity index (χ0v) is 14.7. The first-order valence-electron chi connectivity index (χ1n) is 7.36. The first-order chi connectivity index (χ1) is 13.9. The van der Waals surface area contributed by atoms with Gasteiger partial charge in [0.05, 0.1) is 0 Å². The molecule has 0 rings (SSSR count). The van der Waals surface area contributed by atoms with Crippen LogP contribution < -0.4 is 36.7 Å². The molecule has 0 aromatic rings. The number of carbonyl (C=O) groups excluding carboxylic acids is 1. The molecule has 0 saturated carbocycles. The minimum atomic E-state index is -4.47. The van der Waals surface area contributed by atoms with Crippen molar-refractivity contribution in [3.63, 3.8) is 0 Å². The molecular weight excluding hydrogens is 461 g/mol. The van der Waals surface area contributed by atoms with E-state index < -0.39 is 79.7 Å². The first kappa shape index (κ1) is 29.3. The molecule has 0 fully saturated rings. The molecule has 0 aliphatic heterocycles. The number of hydrogen-bond acceptors (Lipinski definition) is 13. The fourth-order valence-electron chi connectivity index (χ4n) is 1.73. The average Bonchev–Trinajstić information content (AvgIpc) is 2.63. The lowest BCUT2D eigenvalue weighted by molar-refractivity contribution is -1.29. The highest BCUT2D eigenvalue weighted by molar-refractivity contribution is 5.74.